The third-order valence-electron chi connectivity index (χ3n) is 4.42. The van der Waals surface area contributed by atoms with Crippen LogP contribution >= 0.6 is 17.7 Å². The van der Waals surface area contributed by atoms with Gasteiger partial charge in [-0.1, -0.05) is 0 Å². The fraction of sp³-hybridized carbons (Fsp3) is 0.333. The molecule has 120 valence electrons. The van der Waals surface area contributed by atoms with E-state index in [0.717, 1.165) is 33.4 Å². The standard InChI is InChI=1S/C18H24ClO2P/c1-11-7-13(3)15(5)17(9-11)22(19,20,21)18-10-12(2)8-14(4)16(18)6/h7-10,20-21H,1-6H3. The second-order valence-electron chi connectivity index (χ2n) is 6.37. The molecule has 2 aromatic rings. The molecule has 22 heavy (non-hydrogen) atoms. The summed E-state index contributed by atoms with van der Waals surface area (Å²) in [4.78, 5) is 22.5. The van der Waals surface area contributed by atoms with Crippen LogP contribution in [0.1, 0.15) is 33.4 Å². The van der Waals surface area contributed by atoms with E-state index in [1.807, 2.05) is 53.7 Å². The third-order valence-corrected chi connectivity index (χ3v) is 8.15. The van der Waals surface area contributed by atoms with Gasteiger partial charge in [0.05, 0.1) is 0 Å². The third kappa shape index (κ3) is 2.81. The second-order valence-corrected chi connectivity index (χ2v) is 11.1. The first-order valence-corrected chi connectivity index (χ1v) is 10.4. The average Bonchev–Trinajstić information content (AvgIpc) is 2.37. The van der Waals surface area contributed by atoms with E-state index in [2.05, 4.69) is 0 Å². The molecule has 0 unspecified atom stereocenters. The predicted octanol–water partition coefficient (Wildman–Crippen LogP) is 4.01. The van der Waals surface area contributed by atoms with Crippen LogP contribution in [0.5, 0.6) is 0 Å². The van der Waals surface area contributed by atoms with Crippen molar-refractivity contribution in [2.24, 2.45) is 0 Å². The molecule has 0 spiro atoms. The van der Waals surface area contributed by atoms with E-state index in [4.69, 9.17) is 11.2 Å². The summed E-state index contributed by atoms with van der Waals surface area (Å²) < 4.78 is 0. The molecule has 0 aliphatic rings. The fourth-order valence-electron chi connectivity index (χ4n) is 2.99. The van der Waals surface area contributed by atoms with Gasteiger partial charge < -0.3 is 0 Å². The zero-order valence-corrected chi connectivity index (χ0v) is 15.7. The van der Waals surface area contributed by atoms with Crippen LogP contribution in [0.25, 0.3) is 0 Å². The topological polar surface area (TPSA) is 40.5 Å². The van der Waals surface area contributed by atoms with E-state index in [9.17, 15) is 9.79 Å². The summed E-state index contributed by atoms with van der Waals surface area (Å²) in [6.07, 6.45) is -4.69. The van der Waals surface area contributed by atoms with Crippen LogP contribution in [0.2, 0.25) is 0 Å². The van der Waals surface area contributed by atoms with Crippen molar-refractivity contribution in [1.29, 1.82) is 0 Å². The molecule has 0 saturated carbocycles. The molecule has 0 saturated heterocycles. The Bertz CT molecular complexity index is 696. The van der Waals surface area contributed by atoms with Gasteiger partial charge in [0.15, 0.2) is 0 Å². The molecule has 0 aliphatic heterocycles. The molecule has 0 aliphatic carbocycles. The van der Waals surface area contributed by atoms with Gasteiger partial charge in [-0.2, -0.15) is 0 Å². The van der Waals surface area contributed by atoms with Crippen molar-refractivity contribution in [3.63, 3.8) is 0 Å². The molecule has 0 atom stereocenters. The van der Waals surface area contributed by atoms with Gasteiger partial charge in [-0.05, 0) is 0 Å². The van der Waals surface area contributed by atoms with Gasteiger partial charge in [0, 0.05) is 0 Å². The van der Waals surface area contributed by atoms with Crippen molar-refractivity contribution in [2.75, 3.05) is 0 Å². The molecule has 2 rings (SSSR count). The van der Waals surface area contributed by atoms with Gasteiger partial charge in [0.2, 0.25) is 0 Å². The number of benzene rings is 2. The van der Waals surface area contributed by atoms with Gasteiger partial charge in [-0.3, -0.25) is 0 Å². The zero-order chi connectivity index (χ0) is 16.9. The van der Waals surface area contributed by atoms with Crippen molar-refractivity contribution in [3.05, 3.63) is 57.6 Å². The Hall–Kier alpha value is -0.920. The van der Waals surface area contributed by atoms with Crippen LogP contribution in [0.4, 0.5) is 0 Å². The van der Waals surface area contributed by atoms with E-state index in [-0.39, 0.29) is 0 Å². The summed E-state index contributed by atoms with van der Waals surface area (Å²) in [6.45, 7) is 11.6. The molecular weight excluding hydrogens is 315 g/mol. The Morgan fingerprint density at radius 3 is 1.32 bits per heavy atom. The number of hydrogen-bond acceptors (Lipinski definition) is 2. The zero-order valence-electron chi connectivity index (χ0n) is 14.0. The summed E-state index contributed by atoms with van der Waals surface area (Å²) in [7, 11) is 0. The summed E-state index contributed by atoms with van der Waals surface area (Å²) in [5.41, 5.74) is 5.63. The van der Waals surface area contributed by atoms with E-state index in [1.165, 1.54) is 0 Å². The van der Waals surface area contributed by atoms with Crippen molar-refractivity contribution >= 4 is 28.3 Å². The Balaban J connectivity index is 2.87. The summed E-state index contributed by atoms with van der Waals surface area (Å²) >= 11 is 6.58. The van der Waals surface area contributed by atoms with E-state index < -0.39 is 6.41 Å². The van der Waals surface area contributed by atoms with Gasteiger partial charge in [-0.15, -0.1) is 0 Å². The molecular formula is C18H24ClO2P. The van der Waals surface area contributed by atoms with Gasteiger partial charge in [0.1, 0.15) is 0 Å². The van der Waals surface area contributed by atoms with Crippen molar-refractivity contribution < 1.29 is 9.79 Å². The first-order valence-electron chi connectivity index (χ1n) is 7.33. The van der Waals surface area contributed by atoms with Crippen LogP contribution in [0.15, 0.2) is 24.3 Å². The Kier molecular flexibility index (Phi) is 4.21. The van der Waals surface area contributed by atoms with Crippen LogP contribution in [0, 0.1) is 41.5 Å². The monoisotopic (exact) mass is 338 g/mol. The van der Waals surface area contributed by atoms with Crippen LogP contribution < -0.4 is 10.6 Å². The van der Waals surface area contributed by atoms with Crippen LogP contribution in [-0.4, -0.2) is 9.79 Å². The minimum absolute atomic E-state index is 0.443. The SMILES string of the molecule is Cc1cc(C)c(C)c(P(O)(O)(Cl)c2cc(C)cc(C)c2C)c1. The summed E-state index contributed by atoms with van der Waals surface area (Å²) in [5.74, 6) is 0. The molecule has 4 heteroatoms. The quantitative estimate of drug-likeness (QED) is 0.812. The van der Waals surface area contributed by atoms with Crippen molar-refractivity contribution in [1.82, 2.24) is 0 Å². The first-order chi connectivity index (χ1) is 9.92. The Labute approximate surface area is 137 Å². The minimum atomic E-state index is -4.69. The van der Waals surface area contributed by atoms with Crippen molar-refractivity contribution in [3.8, 4) is 0 Å². The first kappa shape index (κ1) is 17.4. The van der Waals surface area contributed by atoms with Crippen LogP contribution in [0.3, 0.4) is 0 Å². The molecule has 0 bridgehead atoms. The van der Waals surface area contributed by atoms with E-state index in [0.29, 0.717) is 10.6 Å². The normalized spacial score (nSPS) is 13.8. The molecule has 0 aromatic heterocycles. The van der Waals surface area contributed by atoms with Gasteiger partial charge >= 0.3 is 137 Å². The molecule has 2 aromatic carbocycles. The summed E-state index contributed by atoms with van der Waals surface area (Å²) in [5, 5.41) is 0.886. The van der Waals surface area contributed by atoms with Gasteiger partial charge in [0.25, 0.3) is 0 Å². The molecule has 0 amide bonds. The summed E-state index contributed by atoms with van der Waals surface area (Å²) in [6, 6.07) is 7.64. The second kappa shape index (κ2) is 5.32. The maximum atomic E-state index is 11.2. The number of hydrogen-bond donors (Lipinski definition) is 2. The van der Waals surface area contributed by atoms with E-state index in [1.54, 1.807) is 12.1 Å². The number of aryl methyl sites for hydroxylation is 4. The Morgan fingerprint density at radius 2 is 1.00 bits per heavy atom. The molecule has 2 nitrogen and oxygen atoms in total. The molecule has 0 fully saturated rings. The predicted molar refractivity (Wildman–Crippen MR) is 97.8 cm³/mol. The number of rotatable bonds is 2. The van der Waals surface area contributed by atoms with E-state index >= 15 is 0 Å². The Morgan fingerprint density at radius 1 is 0.682 bits per heavy atom. The number of halogens is 1. The average molecular weight is 339 g/mol. The molecule has 0 radical (unpaired) electrons. The molecule has 2 N–H and O–H groups in total. The van der Waals surface area contributed by atoms with Crippen molar-refractivity contribution in [2.45, 2.75) is 41.5 Å². The maximum absolute atomic E-state index is 11.2. The molecule has 0 heterocycles. The van der Waals surface area contributed by atoms with Crippen LogP contribution in [-0.2, 0) is 0 Å². The fourth-order valence-corrected chi connectivity index (χ4v) is 6.71. The van der Waals surface area contributed by atoms with Gasteiger partial charge in [-0.25, -0.2) is 0 Å².